The van der Waals surface area contributed by atoms with Gasteiger partial charge in [-0.2, -0.15) is 0 Å². The fourth-order valence-corrected chi connectivity index (χ4v) is 1.95. The summed E-state index contributed by atoms with van der Waals surface area (Å²) in [4.78, 5) is 23.3. The number of urea groups is 1. The molecule has 0 spiro atoms. The molecule has 0 saturated carbocycles. The summed E-state index contributed by atoms with van der Waals surface area (Å²) in [6.07, 6.45) is 1.46. The van der Waals surface area contributed by atoms with Crippen LogP contribution in [0.5, 0.6) is 0 Å². The van der Waals surface area contributed by atoms with Crippen molar-refractivity contribution in [2.24, 2.45) is 0 Å². The second-order valence-corrected chi connectivity index (χ2v) is 3.83. The Bertz CT molecular complexity index is 495. The number of hydrogen-bond acceptors (Lipinski definition) is 4. The Kier molecular flexibility index (Phi) is 3.57. The van der Waals surface area contributed by atoms with Crippen LogP contribution >= 0.6 is 11.6 Å². The van der Waals surface area contributed by atoms with Gasteiger partial charge in [0, 0.05) is 5.70 Å². The Labute approximate surface area is 108 Å². The Morgan fingerprint density at radius 3 is 2.94 bits per heavy atom. The summed E-state index contributed by atoms with van der Waals surface area (Å²) < 4.78 is 9.91. The second-order valence-electron chi connectivity index (χ2n) is 3.56. The van der Waals surface area contributed by atoms with Crippen LogP contribution in [-0.4, -0.2) is 25.0 Å². The van der Waals surface area contributed by atoms with Gasteiger partial charge in [-0.15, -0.1) is 11.6 Å². The maximum absolute atomic E-state index is 11.8. The molecule has 2 amide bonds. The summed E-state index contributed by atoms with van der Waals surface area (Å²) >= 11 is 5.73. The number of rotatable bonds is 3. The van der Waals surface area contributed by atoms with Crippen LogP contribution in [0.1, 0.15) is 11.8 Å². The minimum Gasteiger partial charge on any atom is -0.467 e. The van der Waals surface area contributed by atoms with E-state index in [2.05, 4.69) is 10.6 Å². The molecule has 0 aromatic carbocycles. The average molecular weight is 271 g/mol. The topological polar surface area (TPSA) is 80.6 Å². The first-order valence-electron chi connectivity index (χ1n) is 5.15. The van der Waals surface area contributed by atoms with Gasteiger partial charge in [0.25, 0.3) is 0 Å². The summed E-state index contributed by atoms with van der Waals surface area (Å²) in [5.41, 5.74) is 0.552. The number of carbonyl (C=O) groups excluding carboxylic acids is 2. The average Bonchev–Trinajstić information content (AvgIpc) is 2.90. The summed E-state index contributed by atoms with van der Waals surface area (Å²) in [6.45, 7) is 0. The van der Waals surface area contributed by atoms with Gasteiger partial charge in [-0.1, -0.05) is 0 Å². The van der Waals surface area contributed by atoms with E-state index >= 15 is 0 Å². The molecular weight excluding hydrogens is 260 g/mol. The molecule has 0 fully saturated rings. The molecule has 2 heterocycles. The van der Waals surface area contributed by atoms with E-state index < -0.39 is 18.0 Å². The third-order valence-electron chi connectivity index (χ3n) is 2.52. The number of methoxy groups -OCH3 is 1. The Morgan fingerprint density at radius 1 is 1.61 bits per heavy atom. The van der Waals surface area contributed by atoms with Crippen LogP contribution in [-0.2, 0) is 9.53 Å². The monoisotopic (exact) mass is 270 g/mol. The van der Waals surface area contributed by atoms with Gasteiger partial charge >= 0.3 is 12.0 Å². The lowest BCUT2D eigenvalue weighted by molar-refractivity contribution is -0.136. The van der Waals surface area contributed by atoms with Crippen LogP contribution in [0.25, 0.3) is 0 Å². The van der Waals surface area contributed by atoms with Gasteiger partial charge in [-0.05, 0) is 12.1 Å². The molecule has 1 aromatic rings. The van der Waals surface area contributed by atoms with E-state index in [1.54, 1.807) is 12.1 Å². The fraction of sp³-hybridized carbons (Fsp3) is 0.273. The van der Waals surface area contributed by atoms with Crippen LogP contribution in [0.2, 0.25) is 0 Å². The first-order chi connectivity index (χ1) is 8.67. The lowest BCUT2D eigenvalue weighted by Gasteiger charge is -2.26. The van der Waals surface area contributed by atoms with Crippen molar-refractivity contribution in [1.29, 1.82) is 0 Å². The molecule has 1 unspecified atom stereocenters. The number of ether oxygens (including phenoxy) is 1. The van der Waals surface area contributed by atoms with E-state index in [4.69, 9.17) is 20.8 Å². The molecule has 1 atom stereocenters. The summed E-state index contributed by atoms with van der Waals surface area (Å²) in [5.74, 6) is -0.137. The molecule has 0 saturated heterocycles. The minimum absolute atomic E-state index is 0.00490. The van der Waals surface area contributed by atoms with Gasteiger partial charge in [0.1, 0.15) is 11.8 Å². The second kappa shape index (κ2) is 5.14. The van der Waals surface area contributed by atoms with Gasteiger partial charge < -0.3 is 19.8 Å². The zero-order valence-corrected chi connectivity index (χ0v) is 10.3. The number of hydrogen-bond donors (Lipinski definition) is 2. The molecule has 2 rings (SSSR count). The minimum atomic E-state index is -0.699. The molecule has 1 aliphatic heterocycles. The largest absolute Gasteiger partial charge is 0.467 e. The highest BCUT2D eigenvalue weighted by molar-refractivity contribution is 6.20. The number of allylic oxidation sites excluding steroid dienone is 1. The predicted molar refractivity (Wildman–Crippen MR) is 62.9 cm³/mol. The van der Waals surface area contributed by atoms with Gasteiger partial charge in [-0.25, -0.2) is 9.59 Å². The molecule has 96 valence electrons. The van der Waals surface area contributed by atoms with Crippen LogP contribution in [0, 0.1) is 0 Å². The van der Waals surface area contributed by atoms with E-state index in [-0.39, 0.29) is 11.5 Å². The molecule has 7 heteroatoms. The number of amides is 2. The van der Waals surface area contributed by atoms with Gasteiger partial charge in [0.15, 0.2) is 0 Å². The smallest absolute Gasteiger partial charge is 0.338 e. The van der Waals surface area contributed by atoms with Crippen molar-refractivity contribution in [3.8, 4) is 0 Å². The molecule has 1 aliphatic rings. The van der Waals surface area contributed by atoms with Crippen molar-refractivity contribution < 1.29 is 18.7 Å². The Hall–Kier alpha value is -1.95. The molecule has 0 aliphatic carbocycles. The quantitative estimate of drug-likeness (QED) is 0.641. The number of carbonyl (C=O) groups is 2. The van der Waals surface area contributed by atoms with Gasteiger partial charge in [-0.3, -0.25) is 0 Å². The zero-order chi connectivity index (χ0) is 13.1. The van der Waals surface area contributed by atoms with Crippen molar-refractivity contribution in [2.45, 2.75) is 6.04 Å². The molecular formula is C11H11ClN2O4. The van der Waals surface area contributed by atoms with E-state index in [0.717, 1.165) is 0 Å². The molecule has 18 heavy (non-hydrogen) atoms. The van der Waals surface area contributed by atoms with E-state index in [9.17, 15) is 9.59 Å². The highest BCUT2D eigenvalue weighted by atomic mass is 35.5. The number of nitrogens with one attached hydrogen (secondary N) is 2. The van der Waals surface area contributed by atoms with Crippen LogP contribution in [0.3, 0.4) is 0 Å². The number of furan rings is 1. The SMILES string of the molecule is COC(=O)C1=C(CCl)NC(=O)NC1c1ccco1. The van der Waals surface area contributed by atoms with Crippen LogP contribution in [0.4, 0.5) is 4.79 Å². The Balaban J connectivity index is 2.48. The number of alkyl halides is 1. The highest BCUT2D eigenvalue weighted by Crippen LogP contribution is 2.28. The number of esters is 1. The van der Waals surface area contributed by atoms with Crippen molar-refractivity contribution in [3.63, 3.8) is 0 Å². The van der Waals surface area contributed by atoms with Crippen molar-refractivity contribution >= 4 is 23.6 Å². The van der Waals surface area contributed by atoms with Crippen molar-refractivity contribution in [2.75, 3.05) is 13.0 Å². The highest BCUT2D eigenvalue weighted by Gasteiger charge is 2.34. The fourth-order valence-electron chi connectivity index (χ4n) is 1.74. The maximum Gasteiger partial charge on any atom is 0.338 e. The van der Waals surface area contributed by atoms with Gasteiger partial charge in [0.05, 0.1) is 24.8 Å². The van der Waals surface area contributed by atoms with Gasteiger partial charge in [0.2, 0.25) is 0 Å². The van der Waals surface area contributed by atoms with Crippen LogP contribution in [0.15, 0.2) is 34.1 Å². The molecule has 6 nitrogen and oxygen atoms in total. The first-order valence-corrected chi connectivity index (χ1v) is 5.69. The molecule has 2 N–H and O–H groups in total. The van der Waals surface area contributed by atoms with Crippen LogP contribution < -0.4 is 10.6 Å². The predicted octanol–water partition coefficient (Wildman–Crippen LogP) is 1.30. The summed E-state index contributed by atoms with van der Waals surface area (Å²) in [6, 6.07) is 2.18. The van der Waals surface area contributed by atoms with E-state index in [1.165, 1.54) is 13.4 Å². The third kappa shape index (κ3) is 2.19. The molecule has 0 radical (unpaired) electrons. The lowest BCUT2D eigenvalue weighted by atomic mass is 10.0. The van der Waals surface area contributed by atoms with E-state index in [0.29, 0.717) is 11.5 Å². The third-order valence-corrected chi connectivity index (χ3v) is 2.79. The Morgan fingerprint density at radius 2 is 2.39 bits per heavy atom. The maximum atomic E-state index is 11.8. The first kappa shape index (κ1) is 12.5. The molecule has 0 bridgehead atoms. The standard InChI is InChI=1S/C11H11ClN2O4/c1-17-10(15)8-6(5-12)13-11(16)14-9(8)7-3-2-4-18-7/h2-4,9H,5H2,1H3,(H2,13,14,16). The number of halogens is 1. The molecule has 1 aromatic heterocycles. The van der Waals surface area contributed by atoms with Crippen molar-refractivity contribution in [1.82, 2.24) is 10.6 Å². The van der Waals surface area contributed by atoms with Crippen molar-refractivity contribution in [3.05, 3.63) is 35.4 Å². The zero-order valence-electron chi connectivity index (χ0n) is 9.53. The van der Waals surface area contributed by atoms with E-state index in [1.807, 2.05) is 0 Å². The summed E-state index contributed by atoms with van der Waals surface area (Å²) in [5, 5.41) is 5.07. The summed E-state index contributed by atoms with van der Waals surface area (Å²) in [7, 11) is 1.26. The normalized spacial score (nSPS) is 19.2. The lowest BCUT2D eigenvalue weighted by Crippen LogP contribution is -2.46.